The number of carbonyl (C=O) groups is 1. The Balaban J connectivity index is 1.80. The number of nitrogens with zero attached hydrogens (tertiary/aromatic N) is 1. The largest absolute Gasteiger partial charge is 0.385 e. The maximum atomic E-state index is 12.3. The van der Waals surface area contributed by atoms with E-state index >= 15 is 0 Å². The summed E-state index contributed by atoms with van der Waals surface area (Å²) in [5.41, 5.74) is 0.809. The summed E-state index contributed by atoms with van der Waals surface area (Å²) >= 11 is 0. The molecule has 4 heteroatoms. The average molecular weight is 316 g/mol. The van der Waals surface area contributed by atoms with E-state index in [9.17, 15) is 9.90 Å². The normalized spacial score (nSPS) is 19.1. The monoisotopic (exact) mass is 316 g/mol. The number of benzene rings is 1. The molecule has 1 fully saturated rings. The zero-order valence-corrected chi connectivity index (χ0v) is 14.2. The summed E-state index contributed by atoms with van der Waals surface area (Å²) in [5.74, 6) is -0.0859. The summed E-state index contributed by atoms with van der Waals surface area (Å²) in [6, 6.07) is 9.55. The molecule has 0 spiro atoms. The SMILES string of the molecule is C=C(C)CN1CCC(NC(=O)CC(C)(O)c2ccccc2)CC1. The van der Waals surface area contributed by atoms with Gasteiger partial charge in [0.1, 0.15) is 0 Å². The van der Waals surface area contributed by atoms with Crippen LogP contribution in [0.25, 0.3) is 0 Å². The van der Waals surface area contributed by atoms with Crippen LogP contribution in [0.5, 0.6) is 0 Å². The van der Waals surface area contributed by atoms with Gasteiger partial charge in [-0.05, 0) is 32.3 Å². The molecule has 1 aliphatic heterocycles. The second kappa shape index (κ2) is 7.75. The van der Waals surface area contributed by atoms with Crippen LogP contribution in [0.3, 0.4) is 0 Å². The Hall–Kier alpha value is -1.65. The molecular formula is C19H28N2O2. The lowest BCUT2D eigenvalue weighted by Crippen LogP contribution is -2.46. The number of hydrogen-bond donors (Lipinski definition) is 2. The first-order valence-corrected chi connectivity index (χ1v) is 8.31. The molecule has 1 amide bonds. The van der Waals surface area contributed by atoms with Gasteiger partial charge in [0, 0.05) is 25.7 Å². The van der Waals surface area contributed by atoms with Gasteiger partial charge in [-0.25, -0.2) is 0 Å². The van der Waals surface area contributed by atoms with Gasteiger partial charge in [0.15, 0.2) is 0 Å². The zero-order chi connectivity index (χ0) is 16.9. The Morgan fingerprint density at radius 2 is 1.96 bits per heavy atom. The predicted molar refractivity (Wildman–Crippen MR) is 93.0 cm³/mol. The number of rotatable bonds is 6. The molecule has 4 nitrogen and oxygen atoms in total. The van der Waals surface area contributed by atoms with Crippen LogP contribution in [-0.4, -0.2) is 41.6 Å². The van der Waals surface area contributed by atoms with Crippen molar-refractivity contribution in [2.75, 3.05) is 19.6 Å². The molecule has 23 heavy (non-hydrogen) atoms. The second-order valence-corrected chi connectivity index (χ2v) is 6.89. The predicted octanol–water partition coefficient (Wildman–Crippen LogP) is 2.44. The lowest BCUT2D eigenvalue weighted by molar-refractivity contribution is -0.126. The van der Waals surface area contributed by atoms with Crippen LogP contribution in [-0.2, 0) is 10.4 Å². The van der Waals surface area contributed by atoms with Crippen LogP contribution in [0.4, 0.5) is 0 Å². The summed E-state index contributed by atoms with van der Waals surface area (Å²) in [7, 11) is 0. The van der Waals surface area contributed by atoms with E-state index in [-0.39, 0.29) is 18.4 Å². The number of carbonyl (C=O) groups excluding carboxylic acids is 1. The third kappa shape index (κ3) is 5.48. The average Bonchev–Trinajstić information content (AvgIpc) is 2.49. The van der Waals surface area contributed by atoms with E-state index in [1.165, 1.54) is 5.57 Å². The van der Waals surface area contributed by atoms with Crippen molar-refractivity contribution < 1.29 is 9.90 Å². The number of piperidine rings is 1. The molecule has 1 atom stereocenters. The van der Waals surface area contributed by atoms with Crippen LogP contribution in [0.1, 0.15) is 38.7 Å². The van der Waals surface area contributed by atoms with Gasteiger partial charge in [0.2, 0.25) is 5.91 Å². The van der Waals surface area contributed by atoms with Crippen molar-refractivity contribution in [2.45, 2.75) is 44.8 Å². The van der Waals surface area contributed by atoms with E-state index in [1.54, 1.807) is 6.92 Å². The Morgan fingerprint density at radius 3 is 2.52 bits per heavy atom. The molecule has 0 radical (unpaired) electrons. The van der Waals surface area contributed by atoms with Crippen molar-refractivity contribution in [2.24, 2.45) is 0 Å². The number of amides is 1. The topological polar surface area (TPSA) is 52.6 Å². The molecule has 1 aromatic rings. The first-order valence-electron chi connectivity index (χ1n) is 8.31. The quantitative estimate of drug-likeness (QED) is 0.793. The molecule has 1 aliphatic rings. The molecule has 0 aliphatic carbocycles. The first kappa shape index (κ1) is 17.7. The van der Waals surface area contributed by atoms with Gasteiger partial charge < -0.3 is 10.4 Å². The Morgan fingerprint density at radius 1 is 1.35 bits per heavy atom. The van der Waals surface area contributed by atoms with Crippen molar-refractivity contribution in [1.82, 2.24) is 10.2 Å². The Labute approximate surface area is 139 Å². The van der Waals surface area contributed by atoms with E-state index in [1.807, 2.05) is 37.3 Å². The highest BCUT2D eigenvalue weighted by Gasteiger charge is 2.28. The molecule has 1 aromatic carbocycles. The molecule has 1 unspecified atom stereocenters. The minimum absolute atomic E-state index is 0.0859. The zero-order valence-electron chi connectivity index (χ0n) is 14.2. The summed E-state index contributed by atoms with van der Waals surface area (Å²) in [5, 5.41) is 13.6. The molecule has 2 N–H and O–H groups in total. The van der Waals surface area contributed by atoms with Crippen LogP contribution in [0.15, 0.2) is 42.5 Å². The Bertz CT molecular complexity index is 532. The summed E-state index contributed by atoms with van der Waals surface area (Å²) in [6.45, 7) is 10.6. The fourth-order valence-electron chi connectivity index (χ4n) is 3.11. The van der Waals surface area contributed by atoms with Crippen LogP contribution in [0.2, 0.25) is 0 Å². The number of nitrogens with one attached hydrogen (secondary N) is 1. The second-order valence-electron chi connectivity index (χ2n) is 6.89. The van der Waals surface area contributed by atoms with Crippen molar-refractivity contribution in [3.05, 3.63) is 48.0 Å². The highest BCUT2D eigenvalue weighted by atomic mass is 16.3. The molecule has 0 bridgehead atoms. The first-order chi connectivity index (χ1) is 10.9. The van der Waals surface area contributed by atoms with E-state index < -0.39 is 5.60 Å². The minimum Gasteiger partial charge on any atom is -0.385 e. The summed E-state index contributed by atoms with van der Waals surface area (Å²) < 4.78 is 0. The summed E-state index contributed by atoms with van der Waals surface area (Å²) in [6.07, 6.45) is 1.99. The van der Waals surface area contributed by atoms with E-state index in [0.29, 0.717) is 0 Å². The number of hydrogen-bond acceptors (Lipinski definition) is 3. The van der Waals surface area contributed by atoms with Crippen molar-refractivity contribution in [3.63, 3.8) is 0 Å². The molecular weight excluding hydrogens is 288 g/mol. The molecule has 2 rings (SSSR count). The lowest BCUT2D eigenvalue weighted by Gasteiger charge is -2.33. The van der Waals surface area contributed by atoms with Gasteiger partial charge >= 0.3 is 0 Å². The van der Waals surface area contributed by atoms with Crippen molar-refractivity contribution in [3.8, 4) is 0 Å². The molecule has 0 aromatic heterocycles. The smallest absolute Gasteiger partial charge is 0.223 e. The third-order valence-electron chi connectivity index (χ3n) is 4.35. The van der Waals surface area contributed by atoms with Crippen LogP contribution < -0.4 is 5.32 Å². The number of aliphatic hydroxyl groups is 1. The van der Waals surface area contributed by atoms with Gasteiger partial charge in [0.25, 0.3) is 0 Å². The molecule has 126 valence electrons. The molecule has 0 saturated carbocycles. The lowest BCUT2D eigenvalue weighted by atomic mass is 9.92. The van der Waals surface area contributed by atoms with Crippen molar-refractivity contribution >= 4 is 5.91 Å². The van der Waals surface area contributed by atoms with E-state index in [4.69, 9.17) is 0 Å². The van der Waals surface area contributed by atoms with Gasteiger partial charge in [-0.3, -0.25) is 9.69 Å². The molecule has 1 heterocycles. The van der Waals surface area contributed by atoms with Crippen LogP contribution >= 0.6 is 0 Å². The highest BCUT2D eigenvalue weighted by Crippen LogP contribution is 2.24. The third-order valence-corrected chi connectivity index (χ3v) is 4.35. The van der Waals surface area contributed by atoms with Gasteiger partial charge in [-0.15, -0.1) is 0 Å². The number of likely N-dealkylation sites (tertiary alicyclic amines) is 1. The highest BCUT2D eigenvalue weighted by molar-refractivity contribution is 5.77. The fraction of sp³-hybridized carbons (Fsp3) is 0.526. The van der Waals surface area contributed by atoms with E-state index in [2.05, 4.69) is 16.8 Å². The van der Waals surface area contributed by atoms with Crippen molar-refractivity contribution in [1.29, 1.82) is 0 Å². The molecule has 1 saturated heterocycles. The van der Waals surface area contributed by atoms with Gasteiger partial charge in [-0.2, -0.15) is 0 Å². The van der Waals surface area contributed by atoms with Crippen LogP contribution in [0, 0.1) is 0 Å². The van der Waals surface area contributed by atoms with Gasteiger partial charge in [-0.1, -0.05) is 42.5 Å². The Kier molecular flexibility index (Phi) is 5.97. The van der Waals surface area contributed by atoms with E-state index in [0.717, 1.165) is 38.0 Å². The van der Waals surface area contributed by atoms with Gasteiger partial charge in [0.05, 0.1) is 12.0 Å². The summed E-state index contributed by atoms with van der Waals surface area (Å²) in [4.78, 5) is 14.6. The standard InChI is InChI=1S/C19H28N2O2/c1-15(2)14-21-11-9-17(10-12-21)20-18(22)13-19(3,23)16-7-5-4-6-8-16/h4-8,17,23H,1,9-14H2,2-3H3,(H,20,22). The minimum atomic E-state index is -1.13. The fourth-order valence-corrected chi connectivity index (χ4v) is 3.11. The maximum absolute atomic E-state index is 12.3. The maximum Gasteiger partial charge on any atom is 0.223 e.